The molecule has 0 bridgehead atoms. The SMILES string of the molecule is CSc1ncc2cc(Oc3ccc(F)cc3F)c(=O)n(C3CC3)c2n1. The number of benzene rings is 1. The predicted molar refractivity (Wildman–Crippen MR) is 90.3 cm³/mol. The van der Waals surface area contributed by atoms with E-state index in [0.717, 1.165) is 25.0 Å². The van der Waals surface area contributed by atoms with Crippen molar-refractivity contribution in [3.63, 3.8) is 0 Å². The van der Waals surface area contributed by atoms with Gasteiger partial charge in [-0.1, -0.05) is 11.8 Å². The van der Waals surface area contributed by atoms with Gasteiger partial charge in [-0.3, -0.25) is 9.36 Å². The molecule has 4 rings (SSSR count). The Labute approximate surface area is 145 Å². The number of thioether (sulfide) groups is 1. The number of hydrogen-bond acceptors (Lipinski definition) is 5. The molecule has 2 heterocycles. The van der Waals surface area contributed by atoms with Crippen LogP contribution in [0.2, 0.25) is 0 Å². The van der Waals surface area contributed by atoms with Gasteiger partial charge in [-0.2, -0.15) is 0 Å². The lowest BCUT2D eigenvalue weighted by molar-refractivity contribution is 0.428. The van der Waals surface area contributed by atoms with Crippen LogP contribution in [0.25, 0.3) is 11.0 Å². The van der Waals surface area contributed by atoms with E-state index in [1.165, 1.54) is 17.8 Å². The molecule has 0 spiro atoms. The number of ether oxygens (including phenoxy) is 1. The van der Waals surface area contributed by atoms with E-state index in [1.807, 2.05) is 6.26 Å². The summed E-state index contributed by atoms with van der Waals surface area (Å²) in [6.07, 6.45) is 5.22. The first-order valence-electron chi connectivity index (χ1n) is 7.66. The van der Waals surface area contributed by atoms with E-state index >= 15 is 0 Å². The first kappa shape index (κ1) is 16.0. The van der Waals surface area contributed by atoms with Gasteiger partial charge in [0.15, 0.2) is 22.5 Å². The van der Waals surface area contributed by atoms with Crippen molar-refractivity contribution in [1.29, 1.82) is 0 Å². The first-order valence-corrected chi connectivity index (χ1v) is 8.88. The van der Waals surface area contributed by atoms with Crippen molar-refractivity contribution in [2.45, 2.75) is 24.0 Å². The summed E-state index contributed by atoms with van der Waals surface area (Å²) in [6.45, 7) is 0. The maximum absolute atomic E-state index is 13.9. The van der Waals surface area contributed by atoms with E-state index in [9.17, 15) is 13.6 Å². The summed E-state index contributed by atoms with van der Waals surface area (Å²) in [6, 6.07) is 4.49. The maximum Gasteiger partial charge on any atom is 0.295 e. The van der Waals surface area contributed by atoms with Crippen molar-refractivity contribution < 1.29 is 13.5 Å². The second-order valence-electron chi connectivity index (χ2n) is 5.73. The van der Waals surface area contributed by atoms with Crippen molar-refractivity contribution in [3.05, 3.63) is 52.5 Å². The van der Waals surface area contributed by atoms with E-state index < -0.39 is 11.6 Å². The number of halogens is 2. The van der Waals surface area contributed by atoms with Crippen molar-refractivity contribution in [2.75, 3.05) is 6.26 Å². The molecule has 1 aliphatic rings. The molecule has 0 atom stereocenters. The van der Waals surface area contributed by atoms with Crippen LogP contribution >= 0.6 is 11.8 Å². The van der Waals surface area contributed by atoms with Crippen LogP contribution in [0.1, 0.15) is 18.9 Å². The minimum Gasteiger partial charge on any atom is -0.448 e. The molecule has 1 saturated carbocycles. The van der Waals surface area contributed by atoms with Crippen molar-refractivity contribution in [3.8, 4) is 11.5 Å². The van der Waals surface area contributed by atoms with Gasteiger partial charge in [0.05, 0.1) is 0 Å². The summed E-state index contributed by atoms with van der Waals surface area (Å²) in [5.41, 5.74) is 0.156. The number of fused-ring (bicyclic) bond motifs is 1. The lowest BCUT2D eigenvalue weighted by atomic mass is 10.3. The topological polar surface area (TPSA) is 57.0 Å². The molecule has 3 aromatic rings. The third-order valence-electron chi connectivity index (χ3n) is 3.93. The molecule has 0 radical (unpaired) electrons. The smallest absolute Gasteiger partial charge is 0.295 e. The number of pyridine rings is 1. The van der Waals surface area contributed by atoms with E-state index in [-0.39, 0.29) is 23.1 Å². The van der Waals surface area contributed by atoms with Crippen LogP contribution in [0.5, 0.6) is 11.5 Å². The molecule has 0 amide bonds. The second-order valence-corrected chi connectivity index (χ2v) is 6.50. The van der Waals surface area contributed by atoms with E-state index in [0.29, 0.717) is 22.3 Å². The highest BCUT2D eigenvalue weighted by Gasteiger charge is 2.29. The van der Waals surface area contributed by atoms with Gasteiger partial charge in [0.2, 0.25) is 0 Å². The van der Waals surface area contributed by atoms with Gasteiger partial charge in [-0.05, 0) is 37.3 Å². The standard InChI is InChI=1S/C17H13F2N3O2S/c1-25-17-20-8-9-6-14(24-13-5-2-10(18)7-12(13)19)16(23)22(11-3-4-11)15(9)21-17/h2,5-8,11H,3-4H2,1H3. The summed E-state index contributed by atoms with van der Waals surface area (Å²) >= 11 is 1.39. The molecule has 1 aromatic carbocycles. The summed E-state index contributed by atoms with van der Waals surface area (Å²) < 4.78 is 33.9. The zero-order valence-corrected chi connectivity index (χ0v) is 14.0. The molecule has 1 fully saturated rings. The van der Waals surface area contributed by atoms with Crippen LogP contribution in [0.4, 0.5) is 8.78 Å². The molecular formula is C17H13F2N3O2S. The van der Waals surface area contributed by atoms with Gasteiger partial charge >= 0.3 is 0 Å². The molecule has 8 heteroatoms. The molecule has 0 saturated heterocycles. The summed E-state index contributed by atoms with van der Waals surface area (Å²) in [7, 11) is 0. The number of aromatic nitrogens is 3. The molecular weight excluding hydrogens is 348 g/mol. The van der Waals surface area contributed by atoms with Crippen LogP contribution in [-0.4, -0.2) is 20.8 Å². The molecule has 0 unspecified atom stereocenters. The average molecular weight is 361 g/mol. The highest BCUT2D eigenvalue weighted by atomic mass is 32.2. The van der Waals surface area contributed by atoms with Crippen LogP contribution in [0.15, 0.2) is 40.4 Å². The van der Waals surface area contributed by atoms with E-state index in [1.54, 1.807) is 10.8 Å². The third kappa shape index (κ3) is 2.97. The lowest BCUT2D eigenvalue weighted by Crippen LogP contribution is -2.21. The number of hydrogen-bond donors (Lipinski definition) is 0. The van der Waals surface area contributed by atoms with Crippen molar-refractivity contribution >= 4 is 22.8 Å². The van der Waals surface area contributed by atoms with Crippen molar-refractivity contribution in [2.24, 2.45) is 0 Å². The Bertz CT molecular complexity index is 1030. The van der Waals surface area contributed by atoms with Crippen molar-refractivity contribution in [1.82, 2.24) is 14.5 Å². The average Bonchev–Trinajstić information content (AvgIpc) is 3.42. The van der Waals surface area contributed by atoms with Gasteiger partial charge in [0, 0.05) is 23.7 Å². The summed E-state index contributed by atoms with van der Waals surface area (Å²) in [4.78, 5) is 21.5. The molecule has 0 N–H and O–H groups in total. The highest BCUT2D eigenvalue weighted by Crippen LogP contribution is 2.36. The quantitative estimate of drug-likeness (QED) is 0.521. The van der Waals surface area contributed by atoms with Gasteiger partial charge in [0.25, 0.3) is 5.56 Å². The largest absolute Gasteiger partial charge is 0.448 e. The van der Waals surface area contributed by atoms with Crippen LogP contribution in [0, 0.1) is 11.6 Å². The van der Waals surface area contributed by atoms with Gasteiger partial charge in [0.1, 0.15) is 11.5 Å². The normalized spacial score (nSPS) is 14.0. The Hall–Kier alpha value is -2.48. The Balaban J connectivity index is 1.87. The summed E-state index contributed by atoms with van der Waals surface area (Å²) in [5.74, 6) is -1.82. The zero-order valence-electron chi connectivity index (χ0n) is 13.2. The molecule has 128 valence electrons. The van der Waals surface area contributed by atoms with E-state index in [2.05, 4.69) is 9.97 Å². The fraction of sp³-hybridized carbons (Fsp3) is 0.235. The molecule has 5 nitrogen and oxygen atoms in total. The van der Waals surface area contributed by atoms with E-state index in [4.69, 9.17) is 4.74 Å². The van der Waals surface area contributed by atoms with Gasteiger partial charge < -0.3 is 4.74 Å². The zero-order chi connectivity index (χ0) is 17.6. The Morgan fingerprint density at radius 3 is 2.72 bits per heavy atom. The molecule has 1 aliphatic carbocycles. The Kier molecular flexibility index (Phi) is 3.91. The number of nitrogens with zero attached hydrogens (tertiary/aromatic N) is 3. The minimum atomic E-state index is -0.869. The molecule has 0 aliphatic heterocycles. The summed E-state index contributed by atoms with van der Waals surface area (Å²) in [5, 5.41) is 1.20. The second kappa shape index (κ2) is 6.11. The Morgan fingerprint density at radius 1 is 1.24 bits per heavy atom. The van der Waals surface area contributed by atoms with Gasteiger partial charge in [-0.15, -0.1) is 0 Å². The first-order chi connectivity index (χ1) is 12.1. The fourth-order valence-corrected chi connectivity index (χ4v) is 2.93. The third-order valence-corrected chi connectivity index (χ3v) is 4.49. The maximum atomic E-state index is 13.9. The van der Waals surface area contributed by atoms with Gasteiger partial charge in [-0.25, -0.2) is 18.7 Å². The number of rotatable bonds is 4. The van der Waals surface area contributed by atoms with Crippen LogP contribution in [-0.2, 0) is 0 Å². The monoisotopic (exact) mass is 361 g/mol. The molecule has 2 aromatic heterocycles. The van der Waals surface area contributed by atoms with Crippen LogP contribution in [0.3, 0.4) is 0 Å². The Morgan fingerprint density at radius 2 is 2.04 bits per heavy atom. The minimum absolute atomic E-state index is 0.0367. The van der Waals surface area contributed by atoms with Crippen LogP contribution < -0.4 is 10.3 Å². The highest BCUT2D eigenvalue weighted by molar-refractivity contribution is 7.98. The molecule has 25 heavy (non-hydrogen) atoms. The predicted octanol–water partition coefficient (Wildman–Crippen LogP) is 3.92. The lowest BCUT2D eigenvalue weighted by Gasteiger charge is -2.12. The fourth-order valence-electron chi connectivity index (χ4n) is 2.60.